The Morgan fingerprint density at radius 3 is 2.54 bits per heavy atom. The van der Waals surface area contributed by atoms with Crippen molar-refractivity contribution in [2.45, 2.75) is 11.3 Å². The monoisotopic (exact) mass is 346 g/mol. The Hall–Kier alpha value is -2.94. The molecule has 2 heterocycles. The Balaban J connectivity index is 1.70. The quantitative estimate of drug-likeness (QED) is 0.628. The second-order valence-corrected chi connectivity index (χ2v) is 6.58. The molecule has 0 unspecified atom stereocenters. The van der Waals surface area contributed by atoms with Crippen LogP contribution in [0.1, 0.15) is 6.42 Å². The lowest BCUT2D eigenvalue weighted by Gasteiger charge is -2.08. The minimum Gasteiger partial charge on any atom is -0.461 e. The number of pyridine rings is 1. The Bertz CT molecular complexity index is 864. The highest BCUT2D eigenvalue weighted by Gasteiger charge is 2.20. The minimum absolute atomic E-state index is 0.0895. The fourth-order valence-corrected chi connectivity index (χ4v) is 3.00. The van der Waals surface area contributed by atoms with Crippen LogP contribution in [-0.4, -0.2) is 31.7 Å². The average molecular weight is 346 g/mol. The van der Waals surface area contributed by atoms with E-state index in [9.17, 15) is 13.2 Å². The molecule has 1 saturated heterocycles. The molecule has 0 radical (unpaired) electrons. The fourth-order valence-electron chi connectivity index (χ4n) is 1.99. The predicted molar refractivity (Wildman–Crippen MR) is 88.1 cm³/mol. The lowest BCUT2D eigenvalue weighted by molar-refractivity contribution is -0.132. The molecule has 0 aliphatic carbocycles. The van der Waals surface area contributed by atoms with Gasteiger partial charge >= 0.3 is 5.97 Å². The molecular weight excluding hydrogens is 332 g/mol. The summed E-state index contributed by atoms with van der Waals surface area (Å²) in [6, 6.07) is 10.9. The maximum atomic E-state index is 12.3. The smallest absolute Gasteiger partial charge is 0.354 e. The van der Waals surface area contributed by atoms with Crippen LogP contribution in [0.5, 0.6) is 0 Å². The summed E-state index contributed by atoms with van der Waals surface area (Å²) in [5, 5.41) is 3.95. The molecule has 124 valence electrons. The summed E-state index contributed by atoms with van der Waals surface area (Å²) in [5.74, 6) is -0.202. The van der Waals surface area contributed by atoms with Gasteiger partial charge in [-0.2, -0.15) is 5.10 Å². The van der Waals surface area contributed by atoms with Crippen LogP contribution in [0.15, 0.2) is 58.7 Å². The van der Waals surface area contributed by atoms with E-state index in [1.54, 1.807) is 30.3 Å². The summed E-state index contributed by atoms with van der Waals surface area (Å²) in [7, 11) is -3.72. The van der Waals surface area contributed by atoms with Crippen molar-refractivity contribution in [2.24, 2.45) is 5.10 Å². The van der Waals surface area contributed by atoms with Gasteiger partial charge in [-0.3, -0.25) is 10.1 Å². The second-order valence-electron chi connectivity index (χ2n) is 4.90. The zero-order chi connectivity index (χ0) is 17.0. The van der Waals surface area contributed by atoms with Crippen LogP contribution in [0.25, 0.3) is 0 Å². The first-order valence-electron chi connectivity index (χ1n) is 7.08. The summed E-state index contributed by atoms with van der Waals surface area (Å²) >= 11 is 0. The number of carbonyl (C=O) groups is 1. The molecule has 1 aromatic heterocycles. The van der Waals surface area contributed by atoms with Crippen LogP contribution < -0.4 is 10.1 Å². The number of aromatic nitrogens is 1. The molecule has 2 aromatic rings. The van der Waals surface area contributed by atoms with Gasteiger partial charge in [-0.25, -0.2) is 18.2 Å². The highest BCUT2D eigenvalue weighted by Crippen LogP contribution is 2.17. The molecule has 2 N–H and O–H groups in total. The summed E-state index contributed by atoms with van der Waals surface area (Å²) in [6.07, 6.45) is 1.95. The molecule has 3 rings (SSSR count). The normalized spacial score (nSPS) is 16.0. The van der Waals surface area contributed by atoms with Gasteiger partial charge in [0.2, 0.25) is 0 Å². The van der Waals surface area contributed by atoms with Gasteiger partial charge in [-0.05, 0) is 36.4 Å². The topological polar surface area (TPSA) is 110 Å². The lowest BCUT2D eigenvalue weighted by atomic mass is 10.3. The molecule has 0 saturated carbocycles. The molecule has 24 heavy (non-hydrogen) atoms. The van der Waals surface area contributed by atoms with Crippen molar-refractivity contribution >= 4 is 33.2 Å². The Kier molecular flexibility index (Phi) is 4.43. The number of carbonyl (C=O) groups excluding carboxylic acids is 1. The van der Waals surface area contributed by atoms with Crippen molar-refractivity contribution < 1.29 is 17.9 Å². The first kappa shape index (κ1) is 15.9. The molecule has 0 amide bonds. The summed E-state index contributed by atoms with van der Waals surface area (Å²) < 4.78 is 31.7. The minimum atomic E-state index is -3.72. The molecule has 9 heteroatoms. The predicted octanol–water partition coefficient (Wildman–Crippen LogP) is 1.60. The second kappa shape index (κ2) is 6.67. The van der Waals surface area contributed by atoms with Gasteiger partial charge in [0.05, 0.1) is 17.2 Å². The zero-order valence-corrected chi connectivity index (χ0v) is 13.3. The lowest BCUT2D eigenvalue weighted by Crippen LogP contribution is -2.13. The molecule has 1 aliphatic rings. The van der Waals surface area contributed by atoms with Crippen molar-refractivity contribution in [1.82, 2.24) is 4.98 Å². The van der Waals surface area contributed by atoms with Gasteiger partial charge < -0.3 is 4.74 Å². The first-order chi connectivity index (χ1) is 11.5. The number of esters is 1. The number of nitrogens with zero attached hydrogens (tertiary/aromatic N) is 2. The van der Waals surface area contributed by atoms with Crippen molar-refractivity contribution in [3.8, 4) is 0 Å². The summed E-state index contributed by atoms with van der Waals surface area (Å²) in [5.41, 5.74) is 3.57. The van der Waals surface area contributed by atoms with Gasteiger partial charge in [0, 0.05) is 12.6 Å². The highest BCUT2D eigenvalue weighted by atomic mass is 32.2. The molecule has 0 spiro atoms. The number of rotatable bonds is 5. The third kappa shape index (κ3) is 3.69. The van der Waals surface area contributed by atoms with Crippen molar-refractivity contribution in [3.63, 3.8) is 0 Å². The number of ether oxygens (including phenoxy) is 1. The first-order valence-corrected chi connectivity index (χ1v) is 8.56. The van der Waals surface area contributed by atoms with Crippen LogP contribution in [-0.2, 0) is 19.6 Å². The number of nitrogens with one attached hydrogen (secondary N) is 2. The van der Waals surface area contributed by atoms with Crippen LogP contribution in [0.4, 0.5) is 11.5 Å². The molecule has 8 nitrogen and oxygen atoms in total. The number of hydrogen-bond donors (Lipinski definition) is 2. The van der Waals surface area contributed by atoms with E-state index in [4.69, 9.17) is 4.74 Å². The van der Waals surface area contributed by atoms with E-state index in [0.29, 0.717) is 24.4 Å². The standard InChI is InChI=1S/C15H14N4O4S/c20-15-13(8-10-23-15)18-17-11-4-6-12(7-5-11)24(21,22)19-14-3-1-2-9-16-14/h1-7,9,17H,8,10H2,(H,16,19)/b18-13-. The SMILES string of the molecule is O=C1OCC/C1=N/Nc1ccc(S(=O)(=O)Nc2ccccn2)cc1. The van der Waals surface area contributed by atoms with Gasteiger partial charge in [-0.1, -0.05) is 6.07 Å². The van der Waals surface area contributed by atoms with Gasteiger partial charge in [0.15, 0.2) is 0 Å². The van der Waals surface area contributed by atoms with E-state index in [2.05, 4.69) is 20.2 Å². The summed E-state index contributed by atoms with van der Waals surface area (Å²) in [4.78, 5) is 15.3. The highest BCUT2D eigenvalue weighted by molar-refractivity contribution is 7.92. The third-order valence-electron chi connectivity index (χ3n) is 3.20. The van der Waals surface area contributed by atoms with Gasteiger partial charge in [-0.15, -0.1) is 0 Å². The number of sulfonamides is 1. The molecular formula is C15H14N4O4S. The number of anilines is 2. The van der Waals surface area contributed by atoms with E-state index >= 15 is 0 Å². The van der Waals surface area contributed by atoms with E-state index < -0.39 is 16.0 Å². The van der Waals surface area contributed by atoms with E-state index in [1.165, 1.54) is 18.3 Å². The Labute approximate surface area is 138 Å². The maximum Gasteiger partial charge on any atom is 0.354 e. The Morgan fingerprint density at radius 2 is 1.92 bits per heavy atom. The van der Waals surface area contributed by atoms with Gasteiger partial charge in [0.25, 0.3) is 10.0 Å². The number of benzene rings is 1. The number of hydrogen-bond acceptors (Lipinski definition) is 7. The van der Waals surface area contributed by atoms with Crippen LogP contribution >= 0.6 is 0 Å². The largest absolute Gasteiger partial charge is 0.461 e. The molecule has 0 bridgehead atoms. The van der Waals surface area contributed by atoms with E-state index in [0.717, 1.165) is 0 Å². The van der Waals surface area contributed by atoms with Crippen molar-refractivity contribution in [2.75, 3.05) is 16.8 Å². The Morgan fingerprint density at radius 1 is 1.12 bits per heavy atom. The molecule has 0 atom stereocenters. The van der Waals surface area contributed by atoms with Crippen LogP contribution in [0.3, 0.4) is 0 Å². The van der Waals surface area contributed by atoms with Gasteiger partial charge in [0.1, 0.15) is 11.5 Å². The van der Waals surface area contributed by atoms with Crippen LogP contribution in [0, 0.1) is 0 Å². The van der Waals surface area contributed by atoms with Crippen LogP contribution in [0.2, 0.25) is 0 Å². The van der Waals surface area contributed by atoms with E-state index in [-0.39, 0.29) is 10.7 Å². The van der Waals surface area contributed by atoms with Crippen molar-refractivity contribution in [3.05, 3.63) is 48.7 Å². The van der Waals surface area contributed by atoms with Crippen molar-refractivity contribution in [1.29, 1.82) is 0 Å². The summed E-state index contributed by atoms with van der Waals surface area (Å²) in [6.45, 7) is 0.329. The molecule has 1 aliphatic heterocycles. The molecule has 1 aromatic carbocycles. The molecule has 1 fully saturated rings. The van der Waals surface area contributed by atoms with E-state index in [1.807, 2.05) is 0 Å². The third-order valence-corrected chi connectivity index (χ3v) is 4.57. The number of cyclic esters (lactones) is 1. The number of hydrazone groups is 1. The maximum absolute atomic E-state index is 12.3. The zero-order valence-electron chi connectivity index (χ0n) is 12.5. The fraction of sp³-hybridized carbons (Fsp3) is 0.133. The average Bonchev–Trinajstić information content (AvgIpc) is 2.99.